The Labute approximate surface area is 49.2 Å². The molecule has 0 rings (SSSR count). The minimum atomic E-state index is 0.569. The van der Waals surface area contributed by atoms with Crippen molar-refractivity contribution in [2.75, 3.05) is 0 Å². The predicted molar refractivity (Wildman–Crippen MR) is 35.9 cm³/mol. The topological polar surface area (TPSA) is 49.9 Å². The van der Waals surface area contributed by atoms with Gasteiger partial charge in [-0.3, -0.25) is 0 Å². The van der Waals surface area contributed by atoms with E-state index in [1.807, 2.05) is 0 Å². The van der Waals surface area contributed by atoms with Gasteiger partial charge in [0.1, 0.15) is 0 Å². The van der Waals surface area contributed by atoms with Gasteiger partial charge in [0.15, 0.2) is 0 Å². The Morgan fingerprint density at radius 2 is 2.25 bits per heavy atom. The molecule has 0 atom stereocenters. The highest BCUT2D eigenvalue weighted by Gasteiger charge is 1.84. The predicted octanol–water partition coefficient (Wildman–Crippen LogP) is 1.05. The van der Waals surface area contributed by atoms with Crippen LogP contribution in [-0.4, -0.2) is 6.21 Å². The van der Waals surface area contributed by atoms with Gasteiger partial charge in [0, 0.05) is 11.9 Å². The molecule has 2 nitrogen and oxygen atoms in total. The zero-order chi connectivity index (χ0) is 6.57. The van der Waals surface area contributed by atoms with Crippen molar-refractivity contribution < 1.29 is 0 Å². The Morgan fingerprint density at radius 3 is 2.38 bits per heavy atom. The molecule has 0 aromatic heterocycles. The van der Waals surface area contributed by atoms with E-state index in [9.17, 15) is 0 Å². The molecule has 0 aromatic rings. The highest BCUT2D eigenvalue weighted by Crippen LogP contribution is 1.92. The second-order valence-corrected chi connectivity index (χ2v) is 1.49. The molecule has 0 fully saturated rings. The molecule has 3 N–H and O–H groups in total. The summed E-state index contributed by atoms with van der Waals surface area (Å²) < 4.78 is 0. The van der Waals surface area contributed by atoms with Crippen LogP contribution in [-0.2, 0) is 0 Å². The maximum Gasteiger partial charge on any atom is 0.0352 e. The fourth-order valence-corrected chi connectivity index (χ4v) is 0.244. The zero-order valence-corrected chi connectivity index (χ0v) is 4.94. The van der Waals surface area contributed by atoms with E-state index in [1.165, 1.54) is 12.3 Å². The molecule has 0 spiro atoms. The largest absolute Gasteiger partial charge is 0.398 e. The Bertz CT molecular complexity index is 117. The van der Waals surface area contributed by atoms with E-state index < -0.39 is 0 Å². The van der Waals surface area contributed by atoms with E-state index in [2.05, 4.69) is 6.58 Å². The third-order valence-corrected chi connectivity index (χ3v) is 0.892. The van der Waals surface area contributed by atoms with Crippen molar-refractivity contribution in [2.24, 2.45) is 5.73 Å². The van der Waals surface area contributed by atoms with E-state index in [1.54, 1.807) is 6.92 Å². The maximum absolute atomic E-state index is 6.73. The number of allylic oxidation sites excluding steroid dienone is 2. The minimum absolute atomic E-state index is 0.569. The molecule has 0 saturated carbocycles. The summed E-state index contributed by atoms with van der Waals surface area (Å²) in [6.45, 7) is 5.21. The van der Waals surface area contributed by atoms with Gasteiger partial charge in [0.2, 0.25) is 0 Å². The number of hydrogen-bond acceptors (Lipinski definition) is 2. The van der Waals surface area contributed by atoms with Gasteiger partial charge in [-0.2, -0.15) is 0 Å². The van der Waals surface area contributed by atoms with Crippen LogP contribution in [0.25, 0.3) is 0 Å². The number of nitrogens with one attached hydrogen (secondary N) is 1. The molecule has 0 aromatic carbocycles. The van der Waals surface area contributed by atoms with Crippen LogP contribution < -0.4 is 5.73 Å². The van der Waals surface area contributed by atoms with Crippen molar-refractivity contribution in [3.63, 3.8) is 0 Å². The molecule has 0 heterocycles. The summed E-state index contributed by atoms with van der Waals surface area (Å²) in [6, 6.07) is 0. The van der Waals surface area contributed by atoms with E-state index in [4.69, 9.17) is 11.1 Å². The average Bonchev–Trinajstić information content (AvgIpc) is 1.84. The van der Waals surface area contributed by atoms with Crippen molar-refractivity contribution in [3.8, 4) is 0 Å². The molecule has 0 saturated heterocycles. The van der Waals surface area contributed by atoms with Crippen molar-refractivity contribution in [2.45, 2.75) is 6.92 Å². The lowest BCUT2D eigenvalue weighted by Gasteiger charge is -1.91. The Balaban J connectivity index is 4.25. The fraction of sp³-hybridized carbons (Fsp3) is 0.167. The second kappa shape index (κ2) is 3.02. The zero-order valence-electron chi connectivity index (χ0n) is 4.94. The van der Waals surface area contributed by atoms with Crippen LogP contribution in [0, 0.1) is 5.41 Å². The van der Waals surface area contributed by atoms with Crippen LogP contribution in [0.5, 0.6) is 0 Å². The number of hydrogen-bond donors (Lipinski definition) is 2. The molecule has 2 heteroatoms. The molecule has 44 valence electrons. The molecule has 0 unspecified atom stereocenters. The van der Waals surface area contributed by atoms with E-state index in [0.29, 0.717) is 5.70 Å². The molecular weight excluding hydrogens is 100 g/mol. The SMILES string of the molecule is C=CC(N)=C(C)C=N. The van der Waals surface area contributed by atoms with Gasteiger partial charge >= 0.3 is 0 Å². The van der Waals surface area contributed by atoms with Gasteiger partial charge in [0.05, 0.1) is 0 Å². The summed E-state index contributed by atoms with van der Waals surface area (Å²) in [4.78, 5) is 0. The van der Waals surface area contributed by atoms with Crippen LogP contribution in [0.2, 0.25) is 0 Å². The maximum atomic E-state index is 6.73. The smallest absolute Gasteiger partial charge is 0.0352 e. The monoisotopic (exact) mass is 110 g/mol. The first kappa shape index (κ1) is 6.95. The summed E-state index contributed by atoms with van der Waals surface area (Å²) >= 11 is 0. The molecular formula is C6H10N2. The molecule has 8 heavy (non-hydrogen) atoms. The molecule has 0 aliphatic heterocycles. The van der Waals surface area contributed by atoms with Crippen LogP contribution in [0.3, 0.4) is 0 Å². The first-order valence-electron chi connectivity index (χ1n) is 2.31. The summed E-state index contributed by atoms with van der Waals surface area (Å²) in [5.41, 5.74) is 6.66. The highest BCUT2D eigenvalue weighted by atomic mass is 14.6. The summed E-state index contributed by atoms with van der Waals surface area (Å²) in [5, 5.41) is 6.73. The van der Waals surface area contributed by atoms with Crippen molar-refractivity contribution in [1.82, 2.24) is 0 Å². The second-order valence-electron chi connectivity index (χ2n) is 1.49. The van der Waals surface area contributed by atoms with Gasteiger partial charge in [-0.15, -0.1) is 0 Å². The Kier molecular flexibility index (Phi) is 2.62. The molecule has 0 radical (unpaired) electrons. The van der Waals surface area contributed by atoms with Gasteiger partial charge in [0.25, 0.3) is 0 Å². The standard InChI is InChI=1S/C6H10N2/c1-3-6(8)5(2)4-7/h3-4,7H,1,8H2,2H3. The van der Waals surface area contributed by atoms with Crippen molar-refractivity contribution in [1.29, 1.82) is 5.41 Å². The number of nitrogens with two attached hydrogens (primary N) is 1. The lowest BCUT2D eigenvalue weighted by atomic mass is 10.2. The van der Waals surface area contributed by atoms with Crippen LogP contribution >= 0.6 is 0 Å². The first-order chi connectivity index (χ1) is 3.72. The molecule has 0 aliphatic rings. The molecule has 0 amide bonds. The van der Waals surface area contributed by atoms with E-state index >= 15 is 0 Å². The first-order valence-corrected chi connectivity index (χ1v) is 2.31. The summed E-state index contributed by atoms with van der Waals surface area (Å²) in [5.74, 6) is 0. The summed E-state index contributed by atoms with van der Waals surface area (Å²) in [7, 11) is 0. The lowest BCUT2D eigenvalue weighted by Crippen LogP contribution is -1.96. The average molecular weight is 110 g/mol. The number of rotatable bonds is 2. The van der Waals surface area contributed by atoms with Crippen molar-refractivity contribution >= 4 is 6.21 Å². The van der Waals surface area contributed by atoms with E-state index in [0.717, 1.165) is 5.57 Å². The quantitative estimate of drug-likeness (QED) is 0.405. The van der Waals surface area contributed by atoms with Crippen LogP contribution in [0.1, 0.15) is 6.92 Å². The van der Waals surface area contributed by atoms with Gasteiger partial charge in [-0.25, -0.2) is 0 Å². The van der Waals surface area contributed by atoms with Gasteiger partial charge < -0.3 is 11.1 Å². The van der Waals surface area contributed by atoms with E-state index in [-0.39, 0.29) is 0 Å². The lowest BCUT2D eigenvalue weighted by molar-refractivity contribution is 1.35. The molecule has 0 bridgehead atoms. The Hall–Kier alpha value is -1.05. The van der Waals surface area contributed by atoms with Gasteiger partial charge in [-0.1, -0.05) is 6.58 Å². The minimum Gasteiger partial charge on any atom is -0.398 e. The Morgan fingerprint density at radius 1 is 1.75 bits per heavy atom. The third kappa shape index (κ3) is 1.60. The van der Waals surface area contributed by atoms with Crippen LogP contribution in [0.15, 0.2) is 23.9 Å². The van der Waals surface area contributed by atoms with Gasteiger partial charge in [-0.05, 0) is 18.6 Å². The third-order valence-electron chi connectivity index (χ3n) is 0.892. The fourth-order valence-electron chi connectivity index (χ4n) is 0.244. The summed E-state index contributed by atoms with van der Waals surface area (Å²) in [6.07, 6.45) is 2.73. The normalized spacial score (nSPS) is 12.1. The molecule has 0 aliphatic carbocycles. The van der Waals surface area contributed by atoms with Crippen LogP contribution in [0.4, 0.5) is 0 Å². The van der Waals surface area contributed by atoms with Crippen molar-refractivity contribution in [3.05, 3.63) is 23.9 Å². The highest BCUT2D eigenvalue weighted by molar-refractivity contribution is 5.76.